The van der Waals surface area contributed by atoms with Crippen molar-refractivity contribution in [1.82, 2.24) is 4.98 Å². The lowest BCUT2D eigenvalue weighted by atomic mass is 10.2. The fourth-order valence-corrected chi connectivity index (χ4v) is 3.34. The van der Waals surface area contributed by atoms with Crippen molar-refractivity contribution >= 4 is 61.6 Å². The van der Waals surface area contributed by atoms with Crippen LogP contribution in [0.15, 0.2) is 46.9 Å². The summed E-state index contributed by atoms with van der Waals surface area (Å²) in [5, 5.41) is 4.44. The Hall–Kier alpha value is -1.49. The number of para-hydroxylation sites is 1. The van der Waals surface area contributed by atoms with Gasteiger partial charge in [0.25, 0.3) is 5.91 Å². The molecule has 0 bridgehead atoms. The summed E-state index contributed by atoms with van der Waals surface area (Å²) in [7, 11) is 0. The molecular formula is C15H9BrCl2N2O. The van der Waals surface area contributed by atoms with Gasteiger partial charge < -0.3 is 10.3 Å². The third-order valence-corrected chi connectivity index (χ3v) is 4.07. The fraction of sp³-hybridized carbons (Fsp3) is 0. The van der Waals surface area contributed by atoms with E-state index in [2.05, 4.69) is 26.2 Å². The van der Waals surface area contributed by atoms with Crippen LogP contribution in [0.25, 0.3) is 10.9 Å². The van der Waals surface area contributed by atoms with Crippen LogP contribution in [-0.2, 0) is 0 Å². The van der Waals surface area contributed by atoms with Crippen molar-refractivity contribution < 1.29 is 4.79 Å². The molecule has 0 aliphatic carbocycles. The first-order chi connectivity index (χ1) is 10.0. The SMILES string of the molecule is O=C(Nc1c(Cl)cc(Br)cc1Cl)c1cc2ccccc2[nH]1. The average Bonchev–Trinajstić information content (AvgIpc) is 2.86. The largest absolute Gasteiger partial charge is 0.351 e. The Bertz CT molecular complexity index is 789. The topological polar surface area (TPSA) is 44.9 Å². The maximum atomic E-state index is 12.3. The fourth-order valence-electron chi connectivity index (χ4n) is 2.04. The average molecular weight is 384 g/mol. The van der Waals surface area contributed by atoms with E-state index in [0.717, 1.165) is 15.4 Å². The van der Waals surface area contributed by atoms with E-state index >= 15 is 0 Å². The van der Waals surface area contributed by atoms with Gasteiger partial charge in [-0.3, -0.25) is 4.79 Å². The number of halogens is 3. The number of hydrogen-bond acceptors (Lipinski definition) is 1. The molecule has 3 rings (SSSR count). The van der Waals surface area contributed by atoms with E-state index in [4.69, 9.17) is 23.2 Å². The van der Waals surface area contributed by atoms with E-state index in [1.165, 1.54) is 0 Å². The molecule has 0 atom stereocenters. The van der Waals surface area contributed by atoms with Crippen LogP contribution in [0, 0.1) is 0 Å². The molecule has 2 N–H and O–H groups in total. The lowest BCUT2D eigenvalue weighted by molar-refractivity contribution is 0.102. The van der Waals surface area contributed by atoms with Gasteiger partial charge in [0, 0.05) is 15.4 Å². The second-order valence-electron chi connectivity index (χ2n) is 4.47. The number of nitrogens with one attached hydrogen (secondary N) is 2. The predicted molar refractivity (Wildman–Crippen MR) is 90.4 cm³/mol. The second-order valence-corrected chi connectivity index (χ2v) is 6.20. The molecule has 6 heteroatoms. The molecule has 21 heavy (non-hydrogen) atoms. The monoisotopic (exact) mass is 382 g/mol. The molecule has 1 amide bonds. The van der Waals surface area contributed by atoms with Crippen molar-refractivity contribution in [1.29, 1.82) is 0 Å². The van der Waals surface area contributed by atoms with Crippen LogP contribution in [0.2, 0.25) is 10.0 Å². The van der Waals surface area contributed by atoms with Crippen LogP contribution in [0.1, 0.15) is 10.5 Å². The number of H-pyrrole nitrogens is 1. The van der Waals surface area contributed by atoms with E-state index in [1.54, 1.807) is 18.2 Å². The van der Waals surface area contributed by atoms with Gasteiger partial charge >= 0.3 is 0 Å². The molecule has 0 aliphatic rings. The van der Waals surface area contributed by atoms with Crippen LogP contribution >= 0.6 is 39.1 Å². The zero-order valence-electron chi connectivity index (χ0n) is 10.6. The van der Waals surface area contributed by atoms with E-state index in [-0.39, 0.29) is 5.91 Å². The summed E-state index contributed by atoms with van der Waals surface area (Å²) in [6, 6.07) is 12.8. The molecule has 0 spiro atoms. The molecular weight excluding hydrogens is 375 g/mol. The van der Waals surface area contributed by atoms with E-state index < -0.39 is 0 Å². The number of rotatable bonds is 2. The lowest BCUT2D eigenvalue weighted by Gasteiger charge is -2.09. The van der Waals surface area contributed by atoms with E-state index in [0.29, 0.717) is 21.4 Å². The number of anilines is 1. The van der Waals surface area contributed by atoms with Crippen LogP contribution in [0.5, 0.6) is 0 Å². The van der Waals surface area contributed by atoms with Gasteiger partial charge in [-0.2, -0.15) is 0 Å². The number of carbonyl (C=O) groups is 1. The van der Waals surface area contributed by atoms with Gasteiger partial charge in [-0.1, -0.05) is 57.3 Å². The number of hydrogen-bond donors (Lipinski definition) is 2. The van der Waals surface area contributed by atoms with Crippen LogP contribution < -0.4 is 5.32 Å². The maximum Gasteiger partial charge on any atom is 0.272 e. The number of aromatic nitrogens is 1. The molecule has 1 heterocycles. The van der Waals surface area contributed by atoms with Crippen LogP contribution in [0.4, 0.5) is 5.69 Å². The highest BCUT2D eigenvalue weighted by Crippen LogP contribution is 2.34. The first kappa shape index (κ1) is 14.4. The normalized spacial score (nSPS) is 10.8. The van der Waals surface area contributed by atoms with Crippen molar-refractivity contribution in [2.75, 3.05) is 5.32 Å². The number of amides is 1. The summed E-state index contributed by atoms with van der Waals surface area (Å²) in [5.41, 5.74) is 1.74. The minimum absolute atomic E-state index is 0.294. The zero-order valence-corrected chi connectivity index (χ0v) is 13.7. The Balaban J connectivity index is 1.93. The number of benzene rings is 2. The highest BCUT2D eigenvalue weighted by molar-refractivity contribution is 9.10. The first-order valence-corrected chi connectivity index (χ1v) is 7.63. The third kappa shape index (κ3) is 2.93. The van der Waals surface area contributed by atoms with Crippen molar-refractivity contribution in [3.8, 4) is 0 Å². The van der Waals surface area contributed by atoms with Gasteiger partial charge in [0.2, 0.25) is 0 Å². The summed E-state index contributed by atoms with van der Waals surface area (Å²) >= 11 is 15.5. The highest BCUT2D eigenvalue weighted by atomic mass is 79.9. The summed E-state index contributed by atoms with van der Waals surface area (Å²) < 4.78 is 0.751. The van der Waals surface area contributed by atoms with Gasteiger partial charge in [0.1, 0.15) is 5.69 Å². The molecule has 0 radical (unpaired) electrons. The summed E-state index contributed by atoms with van der Waals surface area (Å²) in [6.07, 6.45) is 0. The molecule has 0 fully saturated rings. The van der Waals surface area contributed by atoms with E-state index in [9.17, 15) is 4.79 Å². The molecule has 0 saturated heterocycles. The van der Waals surface area contributed by atoms with Crippen molar-refractivity contribution in [3.05, 3.63) is 62.7 Å². The van der Waals surface area contributed by atoms with E-state index in [1.807, 2.05) is 24.3 Å². The van der Waals surface area contributed by atoms with Crippen LogP contribution in [0.3, 0.4) is 0 Å². The van der Waals surface area contributed by atoms with Gasteiger partial charge in [-0.05, 0) is 24.3 Å². The molecule has 0 aliphatic heterocycles. The first-order valence-electron chi connectivity index (χ1n) is 6.08. The Morgan fingerprint density at radius 3 is 2.43 bits per heavy atom. The molecule has 0 unspecified atom stereocenters. The Labute approximate surface area is 139 Å². The van der Waals surface area contributed by atoms with Gasteiger partial charge in [0.15, 0.2) is 0 Å². The quantitative estimate of drug-likeness (QED) is 0.603. The Morgan fingerprint density at radius 2 is 1.76 bits per heavy atom. The molecule has 3 nitrogen and oxygen atoms in total. The second kappa shape index (κ2) is 5.72. The molecule has 3 aromatic rings. The van der Waals surface area contributed by atoms with Gasteiger partial charge in [-0.15, -0.1) is 0 Å². The maximum absolute atomic E-state index is 12.3. The Kier molecular flexibility index (Phi) is 3.93. The van der Waals surface area contributed by atoms with Crippen LogP contribution in [-0.4, -0.2) is 10.9 Å². The molecule has 0 saturated carbocycles. The van der Waals surface area contributed by atoms with Crippen molar-refractivity contribution in [2.45, 2.75) is 0 Å². The zero-order chi connectivity index (χ0) is 15.0. The minimum atomic E-state index is -0.294. The summed E-state index contributed by atoms with van der Waals surface area (Å²) in [5.74, 6) is -0.294. The minimum Gasteiger partial charge on any atom is -0.351 e. The Morgan fingerprint density at radius 1 is 1.10 bits per heavy atom. The van der Waals surface area contributed by atoms with Gasteiger partial charge in [0.05, 0.1) is 15.7 Å². The predicted octanol–water partition coefficient (Wildman–Crippen LogP) is 5.49. The molecule has 1 aromatic heterocycles. The van der Waals surface area contributed by atoms with Gasteiger partial charge in [-0.25, -0.2) is 0 Å². The molecule has 2 aromatic carbocycles. The summed E-state index contributed by atoms with van der Waals surface area (Å²) in [6.45, 7) is 0. The van der Waals surface area contributed by atoms with Crippen molar-refractivity contribution in [2.24, 2.45) is 0 Å². The summed E-state index contributed by atoms with van der Waals surface area (Å²) in [4.78, 5) is 15.4. The number of carbonyl (C=O) groups excluding carboxylic acids is 1. The number of aromatic amines is 1. The lowest BCUT2D eigenvalue weighted by Crippen LogP contribution is -2.13. The smallest absolute Gasteiger partial charge is 0.272 e. The highest BCUT2D eigenvalue weighted by Gasteiger charge is 2.14. The van der Waals surface area contributed by atoms with Crippen molar-refractivity contribution in [3.63, 3.8) is 0 Å². The third-order valence-electron chi connectivity index (χ3n) is 3.02. The number of fused-ring (bicyclic) bond motifs is 1. The molecule has 106 valence electrons. The standard InChI is InChI=1S/C15H9BrCl2N2O/c16-9-6-10(17)14(11(18)7-9)20-15(21)13-5-8-3-1-2-4-12(8)19-13/h1-7,19H,(H,20,21).